The normalized spacial score (nSPS) is 11.0. The topological polar surface area (TPSA) is 134 Å². The van der Waals surface area contributed by atoms with Crippen molar-refractivity contribution in [2.45, 2.75) is 0 Å². The van der Waals surface area contributed by atoms with Crippen LogP contribution in [0.25, 0.3) is 21.0 Å². The third-order valence-corrected chi connectivity index (χ3v) is 5.17. The number of aromatic nitrogens is 5. The van der Waals surface area contributed by atoms with Crippen LogP contribution < -0.4 is 16.4 Å². The summed E-state index contributed by atoms with van der Waals surface area (Å²) in [6.45, 7) is 0. The van der Waals surface area contributed by atoms with E-state index in [4.69, 9.17) is 5.73 Å². The number of benzene rings is 2. The molecular weight excluding hydrogens is 388 g/mol. The molecule has 10 heteroatoms. The van der Waals surface area contributed by atoms with E-state index < -0.39 is 5.91 Å². The van der Waals surface area contributed by atoms with Crippen LogP contribution in [0.2, 0.25) is 0 Å². The molecule has 0 aliphatic heterocycles. The Kier molecular flexibility index (Phi) is 4.03. The van der Waals surface area contributed by atoms with Gasteiger partial charge in [0.1, 0.15) is 11.4 Å². The second kappa shape index (κ2) is 6.84. The number of aromatic amines is 1. The Labute approximate surface area is 168 Å². The van der Waals surface area contributed by atoms with Crippen molar-refractivity contribution in [2.75, 3.05) is 10.6 Å². The number of rotatable bonds is 5. The lowest BCUT2D eigenvalue weighted by Gasteiger charge is -2.12. The van der Waals surface area contributed by atoms with Gasteiger partial charge in [-0.1, -0.05) is 6.07 Å². The Bertz CT molecular complexity index is 1360. The second-order valence-electron chi connectivity index (χ2n) is 6.29. The van der Waals surface area contributed by atoms with Gasteiger partial charge >= 0.3 is 0 Å². The van der Waals surface area contributed by atoms with E-state index in [1.54, 1.807) is 6.20 Å². The molecule has 29 heavy (non-hydrogen) atoms. The highest BCUT2D eigenvalue weighted by molar-refractivity contribution is 7.13. The molecule has 1 amide bonds. The van der Waals surface area contributed by atoms with Gasteiger partial charge in [0.25, 0.3) is 5.91 Å². The highest BCUT2D eigenvalue weighted by atomic mass is 32.1. The molecule has 142 valence electrons. The van der Waals surface area contributed by atoms with E-state index >= 15 is 0 Å². The minimum Gasteiger partial charge on any atom is -0.365 e. The fourth-order valence-electron chi connectivity index (χ4n) is 2.99. The maximum Gasteiger partial charge on any atom is 0.254 e. The van der Waals surface area contributed by atoms with E-state index in [-0.39, 0.29) is 5.56 Å². The number of primary amides is 1. The molecule has 5 aromatic rings. The second-order valence-corrected chi connectivity index (χ2v) is 7.12. The SMILES string of the molecule is NC(=O)c1cnc(Nc2cccc3[nH]ncc23)nc1Nc1ccc2cnsc2c1. The molecule has 0 spiro atoms. The van der Waals surface area contributed by atoms with Crippen LogP contribution in [0.15, 0.2) is 55.0 Å². The van der Waals surface area contributed by atoms with Gasteiger partial charge in [0, 0.05) is 28.9 Å². The first kappa shape index (κ1) is 17.1. The van der Waals surface area contributed by atoms with Gasteiger partial charge in [-0.2, -0.15) is 14.5 Å². The molecule has 5 N–H and O–H groups in total. The summed E-state index contributed by atoms with van der Waals surface area (Å²) < 4.78 is 5.20. The lowest BCUT2D eigenvalue weighted by Crippen LogP contribution is -2.15. The number of nitrogens with one attached hydrogen (secondary N) is 3. The van der Waals surface area contributed by atoms with Crippen molar-refractivity contribution in [3.8, 4) is 0 Å². The highest BCUT2D eigenvalue weighted by Gasteiger charge is 2.14. The number of fused-ring (bicyclic) bond motifs is 2. The van der Waals surface area contributed by atoms with Crippen molar-refractivity contribution in [3.63, 3.8) is 0 Å². The smallest absolute Gasteiger partial charge is 0.254 e. The number of amides is 1. The zero-order chi connectivity index (χ0) is 19.8. The number of nitrogens with zero attached hydrogens (tertiary/aromatic N) is 4. The van der Waals surface area contributed by atoms with Gasteiger partial charge in [0.2, 0.25) is 5.95 Å². The first-order valence-electron chi connectivity index (χ1n) is 8.65. The summed E-state index contributed by atoms with van der Waals surface area (Å²) in [5.74, 6) is 0.0261. The minimum atomic E-state index is -0.616. The largest absolute Gasteiger partial charge is 0.365 e. The molecule has 0 saturated carbocycles. The van der Waals surface area contributed by atoms with Gasteiger partial charge in [-0.15, -0.1) is 0 Å². The van der Waals surface area contributed by atoms with E-state index in [1.165, 1.54) is 17.7 Å². The predicted molar refractivity (Wildman–Crippen MR) is 113 cm³/mol. The zero-order valence-electron chi connectivity index (χ0n) is 14.9. The van der Waals surface area contributed by atoms with Gasteiger partial charge in [0.05, 0.1) is 22.1 Å². The van der Waals surface area contributed by atoms with Crippen molar-refractivity contribution in [3.05, 3.63) is 60.6 Å². The Hall–Kier alpha value is -4.05. The van der Waals surface area contributed by atoms with Crippen LogP contribution >= 0.6 is 11.5 Å². The first-order valence-corrected chi connectivity index (χ1v) is 9.42. The molecule has 3 aromatic heterocycles. The molecule has 9 nitrogen and oxygen atoms in total. The van der Waals surface area contributed by atoms with Crippen LogP contribution in [0.5, 0.6) is 0 Å². The molecule has 5 rings (SSSR count). The molecule has 0 fully saturated rings. The minimum absolute atomic E-state index is 0.196. The molecule has 0 aliphatic carbocycles. The molecule has 0 radical (unpaired) electrons. The number of nitrogens with two attached hydrogens (primary N) is 1. The maximum absolute atomic E-state index is 11.9. The molecule has 0 saturated heterocycles. The van der Waals surface area contributed by atoms with Crippen molar-refractivity contribution in [2.24, 2.45) is 5.73 Å². The lowest BCUT2D eigenvalue weighted by molar-refractivity contribution is 0.100. The monoisotopic (exact) mass is 402 g/mol. The molecule has 0 unspecified atom stereocenters. The van der Waals surface area contributed by atoms with Gasteiger partial charge in [-0.05, 0) is 41.9 Å². The van der Waals surface area contributed by atoms with Crippen LogP contribution in [-0.2, 0) is 0 Å². The fraction of sp³-hybridized carbons (Fsp3) is 0. The number of H-pyrrole nitrogens is 1. The summed E-state index contributed by atoms with van der Waals surface area (Å²) in [7, 11) is 0. The summed E-state index contributed by atoms with van der Waals surface area (Å²) in [6, 6.07) is 11.5. The summed E-state index contributed by atoms with van der Waals surface area (Å²) in [4.78, 5) is 20.5. The molecule has 0 aliphatic rings. The van der Waals surface area contributed by atoms with Crippen LogP contribution in [-0.4, -0.2) is 30.4 Å². The van der Waals surface area contributed by atoms with Gasteiger partial charge in [-0.25, -0.2) is 4.98 Å². The molecule has 3 heterocycles. The third kappa shape index (κ3) is 3.21. The Morgan fingerprint density at radius 2 is 2.03 bits per heavy atom. The van der Waals surface area contributed by atoms with E-state index in [0.29, 0.717) is 11.8 Å². The molecular formula is C19H14N8OS. The number of carbonyl (C=O) groups is 1. The highest BCUT2D eigenvalue weighted by Crippen LogP contribution is 2.27. The van der Waals surface area contributed by atoms with E-state index in [2.05, 4.69) is 35.2 Å². The van der Waals surface area contributed by atoms with Crippen LogP contribution in [0, 0.1) is 0 Å². The van der Waals surface area contributed by atoms with E-state index in [1.807, 2.05) is 42.6 Å². The number of hydrogen-bond donors (Lipinski definition) is 4. The van der Waals surface area contributed by atoms with Crippen molar-refractivity contribution in [1.82, 2.24) is 24.5 Å². The van der Waals surface area contributed by atoms with E-state index in [9.17, 15) is 4.79 Å². The lowest BCUT2D eigenvalue weighted by atomic mass is 10.2. The van der Waals surface area contributed by atoms with Crippen molar-refractivity contribution >= 4 is 61.6 Å². The third-order valence-electron chi connectivity index (χ3n) is 4.40. The number of hydrogen-bond acceptors (Lipinski definition) is 8. The van der Waals surface area contributed by atoms with E-state index in [0.717, 1.165) is 32.4 Å². The van der Waals surface area contributed by atoms with Gasteiger partial charge < -0.3 is 16.4 Å². The van der Waals surface area contributed by atoms with Gasteiger partial charge in [-0.3, -0.25) is 9.89 Å². The summed E-state index contributed by atoms with van der Waals surface area (Å²) >= 11 is 1.39. The maximum atomic E-state index is 11.9. The fourth-order valence-corrected chi connectivity index (χ4v) is 3.68. The van der Waals surface area contributed by atoms with Crippen molar-refractivity contribution < 1.29 is 4.79 Å². The standard InChI is InChI=1S/C19H14N8OS/c20-17(28)13-8-21-19(25-14-2-1-3-15-12(14)9-22-27-15)26-18(13)24-11-5-4-10-7-23-29-16(10)6-11/h1-9H,(H2,20,28)(H,22,27)(H2,21,24,25,26). The first-order chi connectivity index (χ1) is 14.2. The van der Waals surface area contributed by atoms with Crippen LogP contribution in [0.4, 0.5) is 23.1 Å². The molecule has 0 bridgehead atoms. The summed E-state index contributed by atoms with van der Waals surface area (Å²) in [5, 5.41) is 15.3. The predicted octanol–water partition coefficient (Wildman–Crippen LogP) is 3.55. The Morgan fingerprint density at radius 1 is 1.10 bits per heavy atom. The number of carbonyl (C=O) groups excluding carboxylic acids is 1. The summed E-state index contributed by atoms with van der Waals surface area (Å²) in [5.41, 5.74) is 8.15. The zero-order valence-corrected chi connectivity index (χ0v) is 15.7. The number of anilines is 4. The Balaban J connectivity index is 1.51. The summed E-state index contributed by atoms with van der Waals surface area (Å²) in [6.07, 6.45) is 4.93. The molecule has 2 aromatic carbocycles. The molecule has 0 atom stereocenters. The van der Waals surface area contributed by atoms with Crippen LogP contribution in [0.3, 0.4) is 0 Å². The Morgan fingerprint density at radius 3 is 2.93 bits per heavy atom. The quantitative estimate of drug-likeness (QED) is 0.353. The van der Waals surface area contributed by atoms with Crippen molar-refractivity contribution in [1.29, 1.82) is 0 Å². The average molecular weight is 402 g/mol. The van der Waals surface area contributed by atoms with Crippen LogP contribution in [0.1, 0.15) is 10.4 Å². The van der Waals surface area contributed by atoms with Gasteiger partial charge in [0.15, 0.2) is 0 Å². The average Bonchev–Trinajstić information content (AvgIpc) is 3.37.